The third-order valence-electron chi connectivity index (χ3n) is 3.96. The predicted molar refractivity (Wildman–Crippen MR) is 105 cm³/mol. The Balaban J connectivity index is 1.74. The molecular weight excluding hydrogens is 381 g/mol. The van der Waals surface area contributed by atoms with Gasteiger partial charge in [-0.25, -0.2) is 17.8 Å². The molecule has 0 unspecified atom stereocenters. The minimum Gasteiger partial charge on any atom is -0.307 e. The predicted octanol–water partition coefficient (Wildman–Crippen LogP) is 3.89. The van der Waals surface area contributed by atoms with E-state index in [4.69, 9.17) is 0 Å². The molecule has 3 rings (SSSR count). The number of carbonyl (C=O) groups is 1. The van der Waals surface area contributed by atoms with E-state index in [9.17, 15) is 17.6 Å². The Morgan fingerprint density at radius 3 is 2.36 bits per heavy atom. The van der Waals surface area contributed by atoms with Crippen molar-refractivity contribution in [1.82, 2.24) is 4.98 Å². The number of amides is 1. The van der Waals surface area contributed by atoms with E-state index in [2.05, 4.69) is 15.0 Å². The van der Waals surface area contributed by atoms with Crippen LogP contribution in [0.15, 0.2) is 65.6 Å². The third kappa shape index (κ3) is 4.52. The van der Waals surface area contributed by atoms with Gasteiger partial charge in [-0.05, 0) is 74.0 Å². The Kier molecular flexibility index (Phi) is 5.41. The van der Waals surface area contributed by atoms with Crippen LogP contribution < -0.4 is 10.0 Å². The molecular formula is C20H18FN3O3S. The molecule has 0 atom stereocenters. The van der Waals surface area contributed by atoms with Crippen molar-refractivity contribution in [3.63, 3.8) is 0 Å². The lowest BCUT2D eigenvalue weighted by molar-refractivity contribution is 0.102. The van der Waals surface area contributed by atoms with E-state index in [1.165, 1.54) is 37.3 Å². The van der Waals surface area contributed by atoms with Crippen molar-refractivity contribution in [2.45, 2.75) is 18.7 Å². The Labute approximate surface area is 162 Å². The van der Waals surface area contributed by atoms with Crippen LogP contribution >= 0.6 is 0 Å². The summed E-state index contributed by atoms with van der Waals surface area (Å²) >= 11 is 0. The number of aryl methyl sites for hydroxylation is 2. The SMILES string of the molecule is Cc1cccc(NC(=O)c2ccc(NS(=O)(=O)c3ccc(F)cc3C)cc2)n1. The van der Waals surface area contributed by atoms with Gasteiger partial charge < -0.3 is 5.32 Å². The number of halogens is 1. The van der Waals surface area contributed by atoms with Gasteiger partial charge in [-0.15, -0.1) is 0 Å². The second kappa shape index (κ2) is 7.77. The molecule has 6 nitrogen and oxygen atoms in total. The van der Waals surface area contributed by atoms with Crippen LogP contribution in [0.4, 0.5) is 15.9 Å². The van der Waals surface area contributed by atoms with E-state index in [0.717, 1.165) is 17.8 Å². The maximum Gasteiger partial charge on any atom is 0.262 e. The number of nitrogens with one attached hydrogen (secondary N) is 2. The van der Waals surface area contributed by atoms with E-state index in [1.807, 2.05) is 13.0 Å². The molecule has 0 aliphatic rings. The summed E-state index contributed by atoms with van der Waals surface area (Å²) in [6.07, 6.45) is 0. The van der Waals surface area contributed by atoms with Gasteiger partial charge in [0, 0.05) is 16.9 Å². The number of carbonyl (C=O) groups excluding carboxylic acids is 1. The molecule has 0 spiro atoms. The standard InChI is InChI=1S/C20H18FN3O3S/c1-13-12-16(21)8-11-18(13)28(26,27)24-17-9-6-15(7-10-17)20(25)23-19-5-3-4-14(2)22-19/h3-12,24H,1-2H3,(H,22,23,25). The van der Waals surface area contributed by atoms with E-state index in [-0.39, 0.29) is 16.5 Å². The molecule has 1 amide bonds. The minimum absolute atomic E-state index is 0.0127. The molecule has 0 aliphatic heterocycles. The highest BCUT2D eigenvalue weighted by atomic mass is 32.2. The second-order valence-electron chi connectivity index (χ2n) is 6.21. The zero-order valence-electron chi connectivity index (χ0n) is 15.2. The highest BCUT2D eigenvalue weighted by molar-refractivity contribution is 7.92. The first kappa shape index (κ1) is 19.5. The summed E-state index contributed by atoms with van der Waals surface area (Å²) in [4.78, 5) is 16.5. The van der Waals surface area contributed by atoms with E-state index < -0.39 is 15.8 Å². The lowest BCUT2D eigenvalue weighted by atomic mass is 10.2. The minimum atomic E-state index is -3.87. The van der Waals surface area contributed by atoms with Crippen molar-refractivity contribution in [2.75, 3.05) is 10.0 Å². The van der Waals surface area contributed by atoms with Gasteiger partial charge in [0.05, 0.1) is 4.90 Å². The molecule has 0 fully saturated rings. The lowest BCUT2D eigenvalue weighted by Crippen LogP contribution is -2.15. The Bertz CT molecular complexity index is 1130. The van der Waals surface area contributed by atoms with E-state index in [1.54, 1.807) is 12.1 Å². The van der Waals surface area contributed by atoms with Gasteiger partial charge in [0.2, 0.25) is 0 Å². The van der Waals surface area contributed by atoms with Gasteiger partial charge >= 0.3 is 0 Å². The molecule has 8 heteroatoms. The fourth-order valence-corrected chi connectivity index (χ4v) is 3.90. The smallest absolute Gasteiger partial charge is 0.262 e. The first-order valence-electron chi connectivity index (χ1n) is 8.39. The summed E-state index contributed by atoms with van der Waals surface area (Å²) in [6, 6.07) is 14.7. The van der Waals surface area contributed by atoms with Crippen LogP contribution in [-0.4, -0.2) is 19.3 Å². The average Bonchev–Trinajstić information content (AvgIpc) is 2.61. The zero-order chi connectivity index (χ0) is 20.3. The first-order valence-corrected chi connectivity index (χ1v) is 9.87. The summed E-state index contributed by atoms with van der Waals surface area (Å²) in [5, 5.41) is 2.68. The Hall–Kier alpha value is -3.26. The largest absolute Gasteiger partial charge is 0.307 e. The van der Waals surface area contributed by atoms with Gasteiger partial charge in [-0.3, -0.25) is 9.52 Å². The molecule has 2 aromatic carbocycles. The summed E-state index contributed by atoms with van der Waals surface area (Å²) in [5.41, 5.74) is 1.71. The fraction of sp³-hybridized carbons (Fsp3) is 0.100. The molecule has 0 saturated heterocycles. The average molecular weight is 399 g/mol. The molecule has 1 heterocycles. The Morgan fingerprint density at radius 1 is 1.00 bits per heavy atom. The van der Waals surface area contributed by atoms with Gasteiger partial charge in [-0.1, -0.05) is 6.07 Å². The van der Waals surface area contributed by atoms with Crippen molar-refractivity contribution >= 4 is 27.4 Å². The molecule has 1 aromatic heterocycles. The summed E-state index contributed by atoms with van der Waals surface area (Å²) in [6.45, 7) is 3.34. The van der Waals surface area contributed by atoms with Crippen molar-refractivity contribution < 1.29 is 17.6 Å². The number of rotatable bonds is 5. The molecule has 28 heavy (non-hydrogen) atoms. The van der Waals surface area contributed by atoms with Crippen molar-refractivity contribution in [3.05, 3.63) is 83.3 Å². The molecule has 0 bridgehead atoms. The van der Waals surface area contributed by atoms with Gasteiger partial charge in [0.25, 0.3) is 15.9 Å². The van der Waals surface area contributed by atoms with Crippen LogP contribution in [0, 0.1) is 19.7 Å². The van der Waals surface area contributed by atoms with Crippen LogP contribution in [-0.2, 0) is 10.0 Å². The fourth-order valence-electron chi connectivity index (χ4n) is 2.62. The molecule has 0 radical (unpaired) electrons. The zero-order valence-corrected chi connectivity index (χ0v) is 16.0. The number of benzene rings is 2. The quantitative estimate of drug-likeness (QED) is 0.681. The van der Waals surface area contributed by atoms with E-state index >= 15 is 0 Å². The van der Waals surface area contributed by atoms with Gasteiger partial charge in [0.1, 0.15) is 11.6 Å². The number of pyridine rings is 1. The number of aromatic nitrogens is 1. The van der Waals surface area contributed by atoms with Crippen LogP contribution in [0.25, 0.3) is 0 Å². The molecule has 0 saturated carbocycles. The van der Waals surface area contributed by atoms with Gasteiger partial charge in [-0.2, -0.15) is 0 Å². The van der Waals surface area contributed by atoms with Crippen LogP contribution in [0.1, 0.15) is 21.6 Å². The molecule has 144 valence electrons. The van der Waals surface area contributed by atoms with Crippen molar-refractivity contribution in [1.29, 1.82) is 0 Å². The second-order valence-corrected chi connectivity index (χ2v) is 7.86. The monoisotopic (exact) mass is 399 g/mol. The highest BCUT2D eigenvalue weighted by Gasteiger charge is 2.17. The molecule has 2 N–H and O–H groups in total. The molecule has 3 aromatic rings. The third-order valence-corrected chi connectivity index (χ3v) is 5.50. The summed E-state index contributed by atoms with van der Waals surface area (Å²) in [7, 11) is -3.87. The first-order chi connectivity index (χ1) is 13.2. The van der Waals surface area contributed by atoms with Gasteiger partial charge in [0.15, 0.2) is 0 Å². The Morgan fingerprint density at radius 2 is 1.71 bits per heavy atom. The summed E-state index contributed by atoms with van der Waals surface area (Å²) in [5.74, 6) is -0.432. The lowest BCUT2D eigenvalue weighted by Gasteiger charge is -2.11. The normalized spacial score (nSPS) is 11.1. The number of sulfonamides is 1. The number of hydrogen-bond acceptors (Lipinski definition) is 4. The maximum atomic E-state index is 13.2. The van der Waals surface area contributed by atoms with Crippen LogP contribution in [0.5, 0.6) is 0 Å². The number of hydrogen-bond donors (Lipinski definition) is 2. The van der Waals surface area contributed by atoms with Crippen molar-refractivity contribution in [2.24, 2.45) is 0 Å². The molecule has 0 aliphatic carbocycles. The highest BCUT2D eigenvalue weighted by Crippen LogP contribution is 2.20. The number of nitrogens with zero attached hydrogens (tertiary/aromatic N) is 1. The van der Waals surface area contributed by atoms with Crippen LogP contribution in [0.2, 0.25) is 0 Å². The summed E-state index contributed by atoms with van der Waals surface area (Å²) < 4.78 is 40.6. The van der Waals surface area contributed by atoms with Crippen molar-refractivity contribution in [3.8, 4) is 0 Å². The van der Waals surface area contributed by atoms with E-state index in [0.29, 0.717) is 16.9 Å². The topological polar surface area (TPSA) is 88.2 Å². The van der Waals surface area contributed by atoms with Crippen LogP contribution in [0.3, 0.4) is 0 Å². The number of anilines is 2. The maximum absolute atomic E-state index is 13.2.